The summed E-state index contributed by atoms with van der Waals surface area (Å²) in [5.41, 5.74) is 0.591. The number of hydrogen-bond acceptors (Lipinski definition) is 3. The fraction of sp³-hybridized carbons (Fsp3) is 0.625. The highest BCUT2D eigenvalue weighted by atomic mass is 19.1. The second-order valence-electron chi connectivity index (χ2n) is 9.45. The number of carbonyl (C=O) groups is 3. The van der Waals surface area contributed by atoms with E-state index in [9.17, 15) is 18.8 Å². The first-order valence-corrected chi connectivity index (χ1v) is 11.3. The number of hydrogen-bond donors (Lipinski definition) is 1. The molecule has 2 saturated heterocycles. The van der Waals surface area contributed by atoms with E-state index in [0.717, 1.165) is 12.0 Å². The number of piperidine rings is 1. The van der Waals surface area contributed by atoms with Crippen LogP contribution in [-0.4, -0.2) is 58.4 Å². The van der Waals surface area contributed by atoms with Crippen LogP contribution < -0.4 is 0 Å². The van der Waals surface area contributed by atoms with Crippen LogP contribution in [0.25, 0.3) is 0 Å². The van der Waals surface area contributed by atoms with Gasteiger partial charge < -0.3 is 14.9 Å². The monoisotopic (exact) mass is 432 g/mol. The first-order valence-electron chi connectivity index (χ1n) is 11.3. The van der Waals surface area contributed by atoms with Gasteiger partial charge in [-0.15, -0.1) is 0 Å². The molecule has 2 amide bonds. The first kappa shape index (κ1) is 23.2. The summed E-state index contributed by atoms with van der Waals surface area (Å²) in [6.45, 7) is 5.98. The Hall–Kier alpha value is -2.44. The van der Waals surface area contributed by atoms with E-state index in [4.69, 9.17) is 5.11 Å². The highest BCUT2D eigenvalue weighted by Crippen LogP contribution is 2.45. The smallest absolute Gasteiger partial charge is 0.303 e. The Morgan fingerprint density at radius 1 is 1.16 bits per heavy atom. The molecular weight excluding hydrogens is 399 g/mol. The summed E-state index contributed by atoms with van der Waals surface area (Å²) >= 11 is 0. The van der Waals surface area contributed by atoms with Crippen molar-refractivity contribution in [1.82, 2.24) is 9.80 Å². The lowest BCUT2D eigenvalue weighted by atomic mass is 9.75. The van der Waals surface area contributed by atoms with Crippen LogP contribution in [0.3, 0.4) is 0 Å². The molecule has 0 radical (unpaired) electrons. The maximum absolute atomic E-state index is 13.5. The van der Waals surface area contributed by atoms with Gasteiger partial charge in [0.1, 0.15) is 5.82 Å². The van der Waals surface area contributed by atoms with Crippen molar-refractivity contribution >= 4 is 17.8 Å². The molecule has 1 spiro atoms. The van der Waals surface area contributed by atoms with Gasteiger partial charge in [0.15, 0.2) is 0 Å². The highest BCUT2D eigenvalue weighted by Gasteiger charge is 2.52. The van der Waals surface area contributed by atoms with E-state index in [1.54, 1.807) is 17.0 Å². The molecule has 170 valence electrons. The standard InChI is InChI=1S/C24H33FN2O4/c1-17(2)16-27-20(14-18-6-8-19(25)9-7-18)15-24(23(27)31)10-12-26(13-11-24)21(28)4-3-5-22(29)30/h6-9,17,20H,3-5,10-16H2,1-2H3,(H,29,30). The normalized spacial score (nSPS) is 20.6. The van der Waals surface area contributed by atoms with E-state index in [1.807, 2.05) is 4.90 Å². The second-order valence-corrected chi connectivity index (χ2v) is 9.45. The van der Waals surface area contributed by atoms with Crippen LogP contribution in [-0.2, 0) is 20.8 Å². The molecular formula is C24H33FN2O4. The summed E-state index contributed by atoms with van der Waals surface area (Å²) in [5.74, 6) is -0.637. The first-order chi connectivity index (χ1) is 14.7. The molecule has 6 nitrogen and oxygen atoms in total. The molecule has 1 aromatic rings. The molecule has 7 heteroatoms. The average molecular weight is 433 g/mol. The number of carbonyl (C=O) groups excluding carboxylic acids is 2. The van der Waals surface area contributed by atoms with Gasteiger partial charge in [-0.05, 0) is 55.7 Å². The van der Waals surface area contributed by atoms with Crippen LogP contribution in [0.5, 0.6) is 0 Å². The van der Waals surface area contributed by atoms with Gasteiger partial charge in [0.2, 0.25) is 11.8 Å². The Balaban J connectivity index is 1.65. The van der Waals surface area contributed by atoms with E-state index in [1.165, 1.54) is 12.1 Å². The van der Waals surface area contributed by atoms with Crippen molar-refractivity contribution in [2.75, 3.05) is 19.6 Å². The summed E-state index contributed by atoms with van der Waals surface area (Å²) in [6.07, 6.45) is 3.33. The van der Waals surface area contributed by atoms with Crippen LogP contribution >= 0.6 is 0 Å². The molecule has 2 aliphatic heterocycles. The number of likely N-dealkylation sites (tertiary alicyclic amines) is 2. The third-order valence-electron chi connectivity index (χ3n) is 6.58. The van der Waals surface area contributed by atoms with Crippen molar-refractivity contribution in [3.63, 3.8) is 0 Å². The quantitative estimate of drug-likeness (QED) is 0.682. The maximum Gasteiger partial charge on any atom is 0.303 e. The predicted molar refractivity (Wildman–Crippen MR) is 115 cm³/mol. The molecule has 3 rings (SSSR count). The molecule has 1 atom stereocenters. The van der Waals surface area contributed by atoms with Crippen molar-refractivity contribution < 1.29 is 23.9 Å². The van der Waals surface area contributed by atoms with Crippen LogP contribution in [0, 0.1) is 17.2 Å². The number of halogens is 1. The molecule has 1 aromatic carbocycles. The van der Waals surface area contributed by atoms with Gasteiger partial charge in [0.25, 0.3) is 0 Å². The SMILES string of the molecule is CC(C)CN1C(=O)C2(CCN(C(=O)CCCC(=O)O)CC2)CC1Cc1ccc(F)cc1. The summed E-state index contributed by atoms with van der Waals surface area (Å²) in [4.78, 5) is 40.4. The van der Waals surface area contributed by atoms with Crippen LogP contribution in [0.4, 0.5) is 4.39 Å². The summed E-state index contributed by atoms with van der Waals surface area (Å²) in [5, 5.41) is 8.75. The van der Waals surface area contributed by atoms with Crippen molar-refractivity contribution in [1.29, 1.82) is 0 Å². The third-order valence-corrected chi connectivity index (χ3v) is 6.58. The van der Waals surface area contributed by atoms with Gasteiger partial charge in [-0.2, -0.15) is 0 Å². The minimum atomic E-state index is -0.889. The number of rotatable bonds is 8. The summed E-state index contributed by atoms with van der Waals surface area (Å²) in [6, 6.07) is 6.58. The Morgan fingerprint density at radius 2 is 1.81 bits per heavy atom. The van der Waals surface area contributed by atoms with E-state index in [-0.39, 0.29) is 36.5 Å². The number of aliphatic carboxylic acids is 1. The molecule has 0 bridgehead atoms. The molecule has 1 unspecified atom stereocenters. The van der Waals surface area contributed by atoms with E-state index < -0.39 is 11.4 Å². The molecule has 1 N–H and O–H groups in total. The van der Waals surface area contributed by atoms with Crippen molar-refractivity contribution in [3.8, 4) is 0 Å². The lowest BCUT2D eigenvalue weighted by Crippen LogP contribution is -2.47. The second kappa shape index (κ2) is 9.79. The predicted octanol–water partition coefficient (Wildman–Crippen LogP) is 3.49. The Bertz CT molecular complexity index is 800. The Morgan fingerprint density at radius 3 is 2.39 bits per heavy atom. The van der Waals surface area contributed by atoms with E-state index >= 15 is 0 Å². The number of amides is 2. The zero-order valence-electron chi connectivity index (χ0n) is 18.5. The van der Waals surface area contributed by atoms with Gasteiger partial charge in [0, 0.05) is 38.5 Å². The Labute approximate surface area is 183 Å². The van der Waals surface area contributed by atoms with Gasteiger partial charge in [-0.3, -0.25) is 14.4 Å². The highest BCUT2D eigenvalue weighted by molar-refractivity contribution is 5.86. The molecule has 2 fully saturated rings. The van der Waals surface area contributed by atoms with E-state index in [2.05, 4.69) is 13.8 Å². The molecule has 31 heavy (non-hydrogen) atoms. The minimum Gasteiger partial charge on any atom is -0.481 e. The lowest BCUT2D eigenvalue weighted by molar-refractivity contribution is -0.143. The van der Waals surface area contributed by atoms with Gasteiger partial charge in [0.05, 0.1) is 5.41 Å². The largest absolute Gasteiger partial charge is 0.481 e. The van der Waals surface area contributed by atoms with Crippen LogP contribution in [0.2, 0.25) is 0 Å². The van der Waals surface area contributed by atoms with Gasteiger partial charge in [-0.1, -0.05) is 26.0 Å². The topological polar surface area (TPSA) is 77.9 Å². The summed E-state index contributed by atoms with van der Waals surface area (Å²) < 4.78 is 13.3. The molecule has 0 aromatic heterocycles. The van der Waals surface area contributed by atoms with Crippen LogP contribution in [0.15, 0.2) is 24.3 Å². The fourth-order valence-electron chi connectivity index (χ4n) is 4.97. The number of carboxylic acid groups (broad SMARTS) is 1. The van der Waals surface area contributed by atoms with Crippen molar-refractivity contribution in [2.24, 2.45) is 11.3 Å². The van der Waals surface area contributed by atoms with E-state index in [0.29, 0.717) is 51.2 Å². The molecule has 2 aliphatic rings. The third kappa shape index (κ3) is 5.63. The zero-order chi connectivity index (χ0) is 22.6. The van der Waals surface area contributed by atoms with Gasteiger partial charge >= 0.3 is 5.97 Å². The molecule has 0 aliphatic carbocycles. The van der Waals surface area contributed by atoms with Crippen LogP contribution in [0.1, 0.15) is 57.9 Å². The average Bonchev–Trinajstić information content (AvgIpc) is 2.95. The maximum atomic E-state index is 13.5. The Kier molecular flexibility index (Phi) is 7.34. The number of nitrogens with zero attached hydrogens (tertiary/aromatic N) is 2. The number of carboxylic acids is 1. The van der Waals surface area contributed by atoms with Crippen molar-refractivity contribution in [3.05, 3.63) is 35.6 Å². The minimum absolute atomic E-state index is 0.00275. The zero-order valence-corrected chi connectivity index (χ0v) is 18.5. The summed E-state index contributed by atoms with van der Waals surface area (Å²) in [7, 11) is 0. The van der Waals surface area contributed by atoms with Crippen molar-refractivity contribution in [2.45, 2.75) is 64.8 Å². The van der Waals surface area contributed by atoms with Gasteiger partial charge in [-0.25, -0.2) is 4.39 Å². The molecule has 0 saturated carbocycles. The molecule has 2 heterocycles. The lowest BCUT2D eigenvalue weighted by Gasteiger charge is -2.38. The fourth-order valence-corrected chi connectivity index (χ4v) is 4.97. The number of benzene rings is 1.